The topological polar surface area (TPSA) is 105 Å². The number of aliphatic carboxylic acids is 1. The van der Waals surface area contributed by atoms with E-state index in [1.165, 1.54) is 4.90 Å². The Bertz CT molecular complexity index is 729. The van der Waals surface area contributed by atoms with E-state index in [4.69, 9.17) is 9.47 Å². The van der Waals surface area contributed by atoms with Crippen LogP contribution in [0.25, 0.3) is 0 Å². The van der Waals surface area contributed by atoms with Crippen LogP contribution in [0.4, 0.5) is 9.59 Å². The molecule has 2 aliphatic rings. The number of carboxylic acid groups (broad SMARTS) is 1. The predicted molar refractivity (Wildman–Crippen MR) is 94.9 cm³/mol. The van der Waals surface area contributed by atoms with Crippen LogP contribution in [-0.2, 0) is 20.9 Å². The summed E-state index contributed by atoms with van der Waals surface area (Å²) in [5.74, 6) is -1.54. The van der Waals surface area contributed by atoms with Gasteiger partial charge in [0.1, 0.15) is 18.2 Å². The summed E-state index contributed by atoms with van der Waals surface area (Å²) in [5.41, 5.74) is 0.161. The van der Waals surface area contributed by atoms with E-state index < -0.39 is 29.8 Å². The first-order chi connectivity index (χ1) is 12.7. The third kappa shape index (κ3) is 4.32. The molecule has 1 saturated heterocycles. The zero-order valence-electron chi connectivity index (χ0n) is 15.5. The van der Waals surface area contributed by atoms with Gasteiger partial charge in [0.15, 0.2) is 0 Å². The van der Waals surface area contributed by atoms with Crippen molar-refractivity contribution in [3.8, 4) is 0 Å². The molecule has 2 N–H and O–H groups in total. The molecule has 0 aromatic heterocycles. The molecule has 4 atom stereocenters. The van der Waals surface area contributed by atoms with Crippen molar-refractivity contribution in [3.63, 3.8) is 0 Å². The molecule has 2 fully saturated rings. The number of nitrogens with one attached hydrogen (secondary N) is 1. The molecule has 0 unspecified atom stereocenters. The molecule has 1 aliphatic carbocycles. The minimum atomic E-state index is -1.10. The summed E-state index contributed by atoms with van der Waals surface area (Å²) in [7, 11) is 0. The summed E-state index contributed by atoms with van der Waals surface area (Å²) in [4.78, 5) is 37.2. The van der Waals surface area contributed by atoms with Gasteiger partial charge in [-0.1, -0.05) is 30.3 Å². The Kier molecular flexibility index (Phi) is 4.99. The van der Waals surface area contributed by atoms with Crippen LogP contribution >= 0.6 is 0 Å². The van der Waals surface area contributed by atoms with Crippen LogP contribution in [0.5, 0.6) is 0 Å². The normalized spacial score (nSPS) is 26.1. The molecule has 0 radical (unpaired) electrons. The van der Waals surface area contributed by atoms with E-state index in [1.54, 1.807) is 20.8 Å². The summed E-state index contributed by atoms with van der Waals surface area (Å²) in [6.45, 7) is 5.56. The molecule has 1 aromatic rings. The number of hydrogen-bond acceptors (Lipinski definition) is 5. The van der Waals surface area contributed by atoms with Crippen LogP contribution in [0.15, 0.2) is 30.3 Å². The molecule has 1 saturated carbocycles. The molecule has 1 heterocycles. The number of piperidine rings is 1. The van der Waals surface area contributed by atoms with Gasteiger partial charge in [0.05, 0.1) is 0 Å². The average molecular weight is 376 g/mol. The summed E-state index contributed by atoms with van der Waals surface area (Å²) >= 11 is 0. The molecule has 146 valence electrons. The molecule has 0 bridgehead atoms. The van der Waals surface area contributed by atoms with E-state index in [-0.39, 0.29) is 31.0 Å². The van der Waals surface area contributed by atoms with Gasteiger partial charge < -0.3 is 19.9 Å². The number of alkyl carbamates (subject to hydrolysis) is 1. The summed E-state index contributed by atoms with van der Waals surface area (Å²) in [6.07, 6.45) is -1.24. The van der Waals surface area contributed by atoms with E-state index in [0.29, 0.717) is 0 Å². The first-order valence-corrected chi connectivity index (χ1v) is 8.87. The molecule has 1 aliphatic heterocycles. The van der Waals surface area contributed by atoms with Crippen LogP contribution in [0.2, 0.25) is 0 Å². The number of nitrogens with zero attached hydrogens (tertiary/aromatic N) is 1. The number of fused-ring (bicyclic) bond motifs is 1. The standard InChI is InChI=1S/C19H24N2O6/c1-19(2,3)27-18(25)21-9-12-13(15(21)16(22)23)14(12)20-17(24)26-10-11-7-5-4-6-8-11/h4-8,12-15H,9-10H2,1-3H3,(H,20,24)(H,22,23)/t12-,13+,14+,15-/m1/s1. The van der Waals surface area contributed by atoms with Gasteiger partial charge in [-0.2, -0.15) is 0 Å². The fourth-order valence-corrected chi connectivity index (χ4v) is 3.53. The van der Waals surface area contributed by atoms with Crippen LogP contribution < -0.4 is 5.32 Å². The fourth-order valence-electron chi connectivity index (χ4n) is 3.53. The minimum absolute atomic E-state index is 0.108. The van der Waals surface area contributed by atoms with Gasteiger partial charge in [0, 0.05) is 24.4 Å². The molecule has 2 amide bonds. The lowest BCUT2D eigenvalue weighted by Crippen LogP contribution is -2.48. The van der Waals surface area contributed by atoms with Gasteiger partial charge >= 0.3 is 18.2 Å². The lowest BCUT2D eigenvalue weighted by Gasteiger charge is -2.29. The van der Waals surface area contributed by atoms with Crippen molar-refractivity contribution >= 4 is 18.2 Å². The van der Waals surface area contributed by atoms with Crippen molar-refractivity contribution in [1.29, 1.82) is 0 Å². The van der Waals surface area contributed by atoms with Crippen molar-refractivity contribution < 1.29 is 29.0 Å². The lowest BCUT2D eigenvalue weighted by molar-refractivity contribution is -0.143. The van der Waals surface area contributed by atoms with Crippen molar-refractivity contribution in [2.75, 3.05) is 6.54 Å². The largest absolute Gasteiger partial charge is 0.480 e. The number of amides is 2. The summed E-state index contributed by atoms with van der Waals surface area (Å²) < 4.78 is 10.5. The molecule has 8 nitrogen and oxygen atoms in total. The molecule has 3 rings (SSSR count). The van der Waals surface area contributed by atoms with Crippen molar-refractivity contribution in [2.45, 2.75) is 45.1 Å². The third-order valence-corrected chi connectivity index (χ3v) is 4.72. The predicted octanol–water partition coefficient (Wildman–Crippen LogP) is 2.23. The molecule has 0 spiro atoms. The Morgan fingerprint density at radius 3 is 2.48 bits per heavy atom. The Hall–Kier alpha value is -2.77. The highest BCUT2D eigenvalue weighted by atomic mass is 16.6. The van der Waals surface area contributed by atoms with Gasteiger partial charge in [-0.25, -0.2) is 14.4 Å². The SMILES string of the molecule is CC(C)(C)OC(=O)N1C[C@H]2[C@H](NC(=O)OCc3ccccc3)[C@H]2[C@@H]1C(=O)O. The van der Waals surface area contributed by atoms with E-state index in [0.717, 1.165) is 5.56 Å². The zero-order valence-corrected chi connectivity index (χ0v) is 15.5. The summed E-state index contributed by atoms with van der Waals surface area (Å²) in [6, 6.07) is 7.95. The number of likely N-dealkylation sites (tertiary alicyclic amines) is 1. The maximum absolute atomic E-state index is 12.3. The highest BCUT2D eigenvalue weighted by Gasteiger charge is 2.66. The second-order valence-electron chi connectivity index (χ2n) is 7.89. The first-order valence-electron chi connectivity index (χ1n) is 8.87. The molecular weight excluding hydrogens is 352 g/mol. The number of ether oxygens (including phenoxy) is 2. The first kappa shape index (κ1) is 19.0. The number of hydrogen-bond donors (Lipinski definition) is 2. The van der Waals surface area contributed by atoms with Crippen molar-refractivity contribution in [1.82, 2.24) is 10.2 Å². The smallest absolute Gasteiger partial charge is 0.411 e. The Balaban J connectivity index is 1.54. The molecule has 27 heavy (non-hydrogen) atoms. The van der Waals surface area contributed by atoms with E-state index in [2.05, 4.69) is 5.32 Å². The number of carbonyl (C=O) groups excluding carboxylic acids is 2. The average Bonchev–Trinajstić information content (AvgIpc) is 3.05. The maximum Gasteiger partial charge on any atom is 0.411 e. The molecular formula is C19H24N2O6. The van der Waals surface area contributed by atoms with Crippen molar-refractivity contribution in [2.24, 2.45) is 11.8 Å². The number of carboxylic acids is 1. The second-order valence-corrected chi connectivity index (χ2v) is 7.89. The van der Waals surface area contributed by atoms with Gasteiger partial charge in [0.25, 0.3) is 0 Å². The number of benzene rings is 1. The van der Waals surface area contributed by atoms with E-state index >= 15 is 0 Å². The van der Waals surface area contributed by atoms with Gasteiger partial charge in [-0.15, -0.1) is 0 Å². The second kappa shape index (κ2) is 7.09. The lowest BCUT2D eigenvalue weighted by atomic mass is 10.2. The van der Waals surface area contributed by atoms with E-state index in [1.807, 2.05) is 30.3 Å². The minimum Gasteiger partial charge on any atom is -0.480 e. The third-order valence-electron chi connectivity index (χ3n) is 4.72. The van der Waals surface area contributed by atoms with Gasteiger partial charge in [0.2, 0.25) is 0 Å². The highest BCUT2D eigenvalue weighted by molar-refractivity contribution is 5.83. The Morgan fingerprint density at radius 2 is 1.89 bits per heavy atom. The van der Waals surface area contributed by atoms with E-state index in [9.17, 15) is 19.5 Å². The van der Waals surface area contributed by atoms with Crippen LogP contribution in [0, 0.1) is 11.8 Å². The van der Waals surface area contributed by atoms with Gasteiger partial charge in [-0.3, -0.25) is 4.90 Å². The monoisotopic (exact) mass is 376 g/mol. The van der Waals surface area contributed by atoms with Crippen LogP contribution in [0.3, 0.4) is 0 Å². The maximum atomic E-state index is 12.3. The number of carbonyl (C=O) groups is 3. The number of rotatable bonds is 4. The van der Waals surface area contributed by atoms with Crippen LogP contribution in [0.1, 0.15) is 26.3 Å². The zero-order chi connectivity index (χ0) is 19.8. The summed E-state index contributed by atoms with van der Waals surface area (Å²) in [5, 5.41) is 12.3. The Morgan fingerprint density at radius 1 is 1.22 bits per heavy atom. The van der Waals surface area contributed by atoms with Crippen molar-refractivity contribution in [3.05, 3.63) is 35.9 Å². The molecule has 1 aromatic carbocycles. The van der Waals surface area contributed by atoms with Gasteiger partial charge in [-0.05, 0) is 26.3 Å². The molecule has 8 heteroatoms. The fraction of sp³-hybridized carbons (Fsp3) is 0.526. The highest BCUT2D eigenvalue weighted by Crippen LogP contribution is 2.50. The Labute approximate surface area is 157 Å². The van der Waals surface area contributed by atoms with Crippen LogP contribution in [-0.4, -0.2) is 52.4 Å². The quantitative estimate of drug-likeness (QED) is 0.835.